The molecule has 0 aliphatic carbocycles. The molecular weight excluding hydrogens is 244 g/mol. The van der Waals surface area contributed by atoms with Gasteiger partial charge in [0.25, 0.3) is 0 Å². The molecule has 0 aliphatic rings. The van der Waals surface area contributed by atoms with Crippen LogP contribution in [0.4, 0.5) is 0 Å². The van der Waals surface area contributed by atoms with Crippen molar-refractivity contribution in [2.45, 2.75) is 73.8 Å². The third-order valence-corrected chi connectivity index (χ3v) is 4.16. The van der Waals surface area contributed by atoms with E-state index in [-0.39, 0.29) is 0 Å². The fraction of sp³-hybridized carbons (Fsp3) is 0.889. The summed E-state index contributed by atoms with van der Waals surface area (Å²) < 4.78 is 0. The molecule has 2 heteroatoms. The lowest BCUT2D eigenvalue weighted by molar-refractivity contribution is 0.156. The van der Waals surface area contributed by atoms with E-state index in [0.29, 0.717) is 16.9 Å². The maximum atomic E-state index is 3.32. The Morgan fingerprint density at radius 2 is 1.75 bits per heavy atom. The maximum Gasteiger partial charge on any atom is 0.0253 e. The first kappa shape index (κ1) is 19.5. The molecule has 0 aromatic carbocycles. The van der Waals surface area contributed by atoms with E-state index in [1.807, 2.05) is 7.05 Å². The normalized spacial score (nSPS) is 14.8. The highest BCUT2D eigenvalue weighted by Gasteiger charge is 2.28. The van der Waals surface area contributed by atoms with Crippen LogP contribution in [0.5, 0.6) is 0 Å². The van der Waals surface area contributed by atoms with E-state index >= 15 is 0 Å². The average molecular weight is 283 g/mol. The summed E-state index contributed by atoms with van der Waals surface area (Å²) in [6.45, 7) is 18.5. The lowest BCUT2D eigenvalue weighted by Gasteiger charge is -2.37. The second-order valence-corrected chi connectivity index (χ2v) is 7.76. The minimum absolute atomic E-state index is 0.361. The Kier molecular flexibility index (Phi) is 8.50. The number of allylic oxidation sites excluding steroid dienone is 1. The first-order chi connectivity index (χ1) is 9.17. The average Bonchev–Trinajstić information content (AvgIpc) is 2.31. The third kappa shape index (κ3) is 7.94. The second-order valence-electron chi connectivity index (χ2n) is 7.76. The fourth-order valence-corrected chi connectivity index (χ4v) is 3.22. The highest BCUT2D eigenvalue weighted by molar-refractivity contribution is 4.86. The number of nitrogens with one attached hydrogen (secondary N) is 1. The molecule has 0 fully saturated rings. The molecule has 0 spiro atoms. The summed E-state index contributed by atoms with van der Waals surface area (Å²) in [5, 5.41) is 3.32. The molecule has 0 amide bonds. The van der Waals surface area contributed by atoms with Gasteiger partial charge in [0.15, 0.2) is 0 Å². The minimum Gasteiger partial charge on any atom is -0.375 e. The van der Waals surface area contributed by atoms with Gasteiger partial charge in [0, 0.05) is 12.6 Å². The standard InChI is InChI=1S/C18H38N2/c1-9-12-20(16(3)10-2)13-11-17(4,5)14-18(6,7)15-19-8/h9,12,16,19H,10-11,13-15H2,1-8H3. The van der Waals surface area contributed by atoms with Gasteiger partial charge in [-0.2, -0.15) is 0 Å². The Morgan fingerprint density at radius 3 is 2.20 bits per heavy atom. The van der Waals surface area contributed by atoms with Crippen molar-refractivity contribution < 1.29 is 0 Å². The summed E-state index contributed by atoms with van der Waals surface area (Å²) in [6, 6.07) is 0.632. The molecule has 1 atom stereocenters. The van der Waals surface area contributed by atoms with E-state index in [4.69, 9.17) is 0 Å². The van der Waals surface area contributed by atoms with Gasteiger partial charge in [-0.25, -0.2) is 0 Å². The molecule has 20 heavy (non-hydrogen) atoms. The minimum atomic E-state index is 0.361. The van der Waals surface area contributed by atoms with Gasteiger partial charge in [0.2, 0.25) is 0 Å². The molecular formula is C18H38N2. The highest BCUT2D eigenvalue weighted by atomic mass is 15.1. The van der Waals surface area contributed by atoms with Crippen LogP contribution in [0, 0.1) is 10.8 Å². The molecule has 0 saturated heterocycles. The smallest absolute Gasteiger partial charge is 0.0253 e. The lowest BCUT2D eigenvalue weighted by Crippen LogP contribution is -2.35. The van der Waals surface area contributed by atoms with Gasteiger partial charge < -0.3 is 10.2 Å². The molecule has 0 rings (SSSR count). The van der Waals surface area contributed by atoms with Gasteiger partial charge in [0.1, 0.15) is 0 Å². The molecule has 120 valence electrons. The summed E-state index contributed by atoms with van der Waals surface area (Å²) in [7, 11) is 2.05. The van der Waals surface area contributed by atoms with Crippen molar-refractivity contribution >= 4 is 0 Å². The monoisotopic (exact) mass is 282 g/mol. The molecule has 0 heterocycles. The SMILES string of the molecule is CC=CN(CCC(C)(C)CC(C)(C)CNC)C(C)CC. The summed E-state index contributed by atoms with van der Waals surface area (Å²) in [5.41, 5.74) is 0.744. The first-order valence-corrected chi connectivity index (χ1v) is 8.20. The summed E-state index contributed by atoms with van der Waals surface area (Å²) in [6.07, 6.45) is 8.11. The Morgan fingerprint density at radius 1 is 1.15 bits per heavy atom. The lowest BCUT2D eigenvalue weighted by atomic mass is 9.73. The molecule has 1 unspecified atom stereocenters. The maximum absolute atomic E-state index is 3.32. The van der Waals surface area contributed by atoms with Crippen molar-refractivity contribution in [2.24, 2.45) is 10.8 Å². The van der Waals surface area contributed by atoms with E-state index in [0.717, 1.165) is 13.1 Å². The van der Waals surface area contributed by atoms with Crippen LogP contribution in [0.25, 0.3) is 0 Å². The largest absolute Gasteiger partial charge is 0.375 e. The van der Waals surface area contributed by atoms with E-state index in [1.54, 1.807) is 0 Å². The first-order valence-electron chi connectivity index (χ1n) is 8.20. The topological polar surface area (TPSA) is 15.3 Å². The molecule has 2 nitrogen and oxygen atoms in total. The van der Waals surface area contributed by atoms with Crippen molar-refractivity contribution in [2.75, 3.05) is 20.1 Å². The van der Waals surface area contributed by atoms with Crippen molar-refractivity contribution in [3.8, 4) is 0 Å². The Balaban J connectivity index is 4.51. The van der Waals surface area contributed by atoms with Crippen LogP contribution in [0.1, 0.15) is 67.7 Å². The molecule has 0 radical (unpaired) electrons. The van der Waals surface area contributed by atoms with E-state index in [2.05, 4.69) is 71.0 Å². The quantitative estimate of drug-likeness (QED) is 0.626. The van der Waals surface area contributed by atoms with Crippen LogP contribution in [0.15, 0.2) is 12.3 Å². The fourth-order valence-electron chi connectivity index (χ4n) is 3.22. The third-order valence-electron chi connectivity index (χ3n) is 4.16. The zero-order valence-electron chi connectivity index (χ0n) is 15.2. The van der Waals surface area contributed by atoms with Crippen LogP contribution in [-0.2, 0) is 0 Å². The van der Waals surface area contributed by atoms with Crippen LogP contribution < -0.4 is 5.32 Å². The molecule has 0 saturated carbocycles. The molecule has 0 bridgehead atoms. The molecule has 1 N–H and O–H groups in total. The van der Waals surface area contributed by atoms with E-state index < -0.39 is 0 Å². The van der Waals surface area contributed by atoms with Gasteiger partial charge in [-0.05, 0) is 63.7 Å². The van der Waals surface area contributed by atoms with Crippen molar-refractivity contribution in [1.29, 1.82) is 0 Å². The van der Waals surface area contributed by atoms with Crippen LogP contribution >= 0.6 is 0 Å². The van der Waals surface area contributed by atoms with Crippen LogP contribution in [-0.4, -0.2) is 31.1 Å². The summed E-state index contributed by atoms with van der Waals surface area (Å²) >= 11 is 0. The Hall–Kier alpha value is -0.500. The molecule has 0 aliphatic heterocycles. The van der Waals surface area contributed by atoms with Crippen molar-refractivity contribution in [1.82, 2.24) is 10.2 Å². The Labute approximate surface area is 128 Å². The number of nitrogens with zero attached hydrogens (tertiary/aromatic N) is 1. The molecule has 0 aromatic heterocycles. The zero-order chi connectivity index (χ0) is 15.8. The zero-order valence-corrected chi connectivity index (χ0v) is 15.2. The van der Waals surface area contributed by atoms with Gasteiger partial charge in [-0.3, -0.25) is 0 Å². The van der Waals surface area contributed by atoms with E-state index in [1.165, 1.54) is 19.3 Å². The van der Waals surface area contributed by atoms with Gasteiger partial charge in [-0.15, -0.1) is 0 Å². The summed E-state index contributed by atoms with van der Waals surface area (Å²) in [5.74, 6) is 0. The highest BCUT2D eigenvalue weighted by Crippen LogP contribution is 2.36. The summed E-state index contributed by atoms with van der Waals surface area (Å²) in [4.78, 5) is 2.49. The van der Waals surface area contributed by atoms with Crippen LogP contribution in [0.3, 0.4) is 0 Å². The van der Waals surface area contributed by atoms with Crippen molar-refractivity contribution in [3.05, 3.63) is 12.3 Å². The number of hydrogen-bond donors (Lipinski definition) is 1. The van der Waals surface area contributed by atoms with Gasteiger partial charge in [-0.1, -0.05) is 40.7 Å². The van der Waals surface area contributed by atoms with Gasteiger partial charge in [0.05, 0.1) is 0 Å². The number of rotatable bonds is 10. The Bertz CT molecular complexity index is 279. The molecule has 0 aromatic rings. The van der Waals surface area contributed by atoms with Crippen molar-refractivity contribution in [3.63, 3.8) is 0 Å². The number of hydrogen-bond acceptors (Lipinski definition) is 2. The van der Waals surface area contributed by atoms with E-state index in [9.17, 15) is 0 Å². The van der Waals surface area contributed by atoms with Gasteiger partial charge >= 0.3 is 0 Å². The second kappa shape index (κ2) is 8.71. The predicted octanol–water partition coefficient (Wildman–Crippen LogP) is 4.67. The predicted molar refractivity (Wildman–Crippen MR) is 92.0 cm³/mol. The van der Waals surface area contributed by atoms with Crippen LogP contribution in [0.2, 0.25) is 0 Å².